The topological polar surface area (TPSA) is 74.4 Å². The summed E-state index contributed by atoms with van der Waals surface area (Å²) in [6.07, 6.45) is -6.48. The van der Waals surface area contributed by atoms with E-state index in [1.165, 1.54) is 51.5 Å². The predicted octanol–water partition coefficient (Wildman–Crippen LogP) is 4.24. The minimum absolute atomic E-state index is 0.0750. The van der Waals surface area contributed by atoms with E-state index >= 15 is 0 Å². The maximum absolute atomic E-state index is 14.1. The molecule has 1 atom stereocenters. The third-order valence-corrected chi connectivity index (χ3v) is 4.09. The van der Waals surface area contributed by atoms with Crippen LogP contribution in [-0.4, -0.2) is 43.5 Å². The van der Waals surface area contributed by atoms with Crippen LogP contribution in [0.2, 0.25) is 0 Å². The zero-order valence-corrected chi connectivity index (χ0v) is 16.2. The molecule has 3 heterocycles. The third kappa shape index (κ3) is 4.48. The zero-order valence-electron chi connectivity index (χ0n) is 16.2. The first-order valence-electron chi connectivity index (χ1n) is 8.95. The molecule has 0 aromatic carbocycles. The van der Waals surface area contributed by atoms with Gasteiger partial charge in [0, 0.05) is 24.0 Å². The summed E-state index contributed by atoms with van der Waals surface area (Å²) in [6.45, 7) is 3.96. The second-order valence-corrected chi connectivity index (χ2v) is 6.68. The lowest BCUT2D eigenvalue weighted by Crippen LogP contribution is -2.39. The summed E-state index contributed by atoms with van der Waals surface area (Å²) in [5, 5.41) is 7.10. The van der Waals surface area contributed by atoms with Crippen LogP contribution in [0.25, 0.3) is 16.9 Å². The van der Waals surface area contributed by atoms with Crippen molar-refractivity contribution in [1.29, 1.82) is 0 Å². The molecule has 0 amide bonds. The van der Waals surface area contributed by atoms with Gasteiger partial charge in [-0.1, -0.05) is 13.8 Å². The Morgan fingerprint density at radius 2 is 1.77 bits per heavy atom. The minimum Gasteiger partial charge on any atom is -0.464 e. The van der Waals surface area contributed by atoms with Crippen molar-refractivity contribution >= 4 is 5.65 Å². The Bertz CT molecular complexity index is 1000. The number of halogens is 5. The van der Waals surface area contributed by atoms with E-state index in [2.05, 4.69) is 24.9 Å². The first-order valence-corrected chi connectivity index (χ1v) is 8.95. The van der Waals surface area contributed by atoms with Crippen LogP contribution in [0, 0.1) is 5.92 Å². The van der Waals surface area contributed by atoms with Crippen molar-refractivity contribution in [2.45, 2.75) is 39.2 Å². The Hall–Kier alpha value is -2.89. The number of alkyl halides is 5. The van der Waals surface area contributed by atoms with E-state index in [1.807, 2.05) is 0 Å². The molecule has 0 radical (unpaired) electrons. The van der Waals surface area contributed by atoms with Crippen molar-refractivity contribution in [3.05, 3.63) is 36.5 Å². The molecule has 0 N–H and O–H groups in total. The molecule has 0 unspecified atom stereocenters. The first kappa shape index (κ1) is 21.8. The largest absolute Gasteiger partial charge is 0.464 e. The molecule has 0 saturated heterocycles. The van der Waals surface area contributed by atoms with Gasteiger partial charge in [0.25, 0.3) is 0 Å². The lowest BCUT2D eigenvalue weighted by Gasteiger charge is -2.24. The monoisotopic (exact) mass is 431 g/mol. The molecule has 3 aromatic rings. The van der Waals surface area contributed by atoms with E-state index in [9.17, 15) is 22.0 Å². The second-order valence-electron chi connectivity index (χ2n) is 6.68. The second kappa shape index (κ2) is 8.09. The molecule has 0 saturated carbocycles. The van der Waals surface area contributed by atoms with Gasteiger partial charge in [0.2, 0.25) is 11.7 Å². The zero-order chi connectivity index (χ0) is 22.1. The average Bonchev–Trinajstić information content (AvgIpc) is 3.09. The van der Waals surface area contributed by atoms with Gasteiger partial charge in [0.15, 0.2) is 11.8 Å². The van der Waals surface area contributed by atoms with Gasteiger partial charge in [-0.25, -0.2) is 4.98 Å². The SMILES string of the molecule is CCOC(F)(F)c1nnc2cnc(-c3ccc(O[C@@H](C(C)C)C(F)(F)F)nc3)cn12. The van der Waals surface area contributed by atoms with E-state index in [-0.39, 0.29) is 23.8 Å². The number of nitrogens with zero attached hydrogens (tertiary/aromatic N) is 5. The highest BCUT2D eigenvalue weighted by Crippen LogP contribution is 2.31. The van der Waals surface area contributed by atoms with Crippen molar-refractivity contribution in [3.8, 4) is 17.1 Å². The molecule has 12 heteroatoms. The molecule has 3 rings (SSSR count). The van der Waals surface area contributed by atoms with Crippen LogP contribution in [-0.2, 0) is 10.8 Å². The van der Waals surface area contributed by atoms with Crippen LogP contribution < -0.4 is 4.74 Å². The van der Waals surface area contributed by atoms with E-state index < -0.39 is 30.1 Å². The van der Waals surface area contributed by atoms with Gasteiger partial charge in [0.1, 0.15) is 0 Å². The maximum Gasteiger partial charge on any atom is 0.425 e. The molecule has 0 fully saturated rings. The maximum atomic E-state index is 14.1. The fourth-order valence-corrected chi connectivity index (χ4v) is 2.71. The number of hydrogen-bond donors (Lipinski definition) is 0. The summed E-state index contributed by atoms with van der Waals surface area (Å²) in [4.78, 5) is 7.99. The molecule has 0 aliphatic heterocycles. The molecular weight excluding hydrogens is 413 g/mol. The summed E-state index contributed by atoms with van der Waals surface area (Å²) < 4.78 is 77.8. The van der Waals surface area contributed by atoms with E-state index in [0.717, 1.165) is 4.40 Å². The van der Waals surface area contributed by atoms with Crippen molar-refractivity contribution < 1.29 is 31.4 Å². The van der Waals surface area contributed by atoms with Crippen LogP contribution in [0.5, 0.6) is 5.88 Å². The van der Waals surface area contributed by atoms with Gasteiger partial charge in [0.05, 0.1) is 18.5 Å². The predicted molar refractivity (Wildman–Crippen MR) is 94.8 cm³/mol. The van der Waals surface area contributed by atoms with Crippen LogP contribution in [0.1, 0.15) is 26.6 Å². The van der Waals surface area contributed by atoms with E-state index in [4.69, 9.17) is 4.74 Å². The summed E-state index contributed by atoms with van der Waals surface area (Å²) in [6, 6.07) is 2.68. The van der Waals surface area contributed by atoms with Crippen LogP contribution >= 0.6 is 0 Å². The number of fused-ring (bicyclic) bond motifs is 1. The lowest BCUT2D eigenvalue weighted by atomic mass is 10.1. The summed E-state index contributed by atoms with van der Waals surface area (Å²) >= 11 is 0. The summed E-state index contributed by atoms with van der Waals surface area (Å²) in [7, 11) is 0. The van der Waals surface area contributed by atoms with E-state index in [0.29, 0.717) is 5.56 Å². The summed E-state index contributed by atoms with van der Waals surface area (Å²) in [5.74, 6) is -1.75. The highest BCUT2D eigenvalue weighted by Gasteiger charge is 2.44. The Balaban J connectivity index is 1.89. The van der Waals surface area contributed by atoms with Crippen molar-refractivity contribution in [3.63, 3.8) is 0 Å². The van der Waals surface area contributed by atoms with Crippen molar-refractivity contribution in [2.24, 2.45) is 5.92 Å². The Kier molecular flexibility index (Phi) is 5.88. The fourth-order valence-electron chi connectivity index (χ4n) is 2.71. The van der Waals surface area contributed by atoms with Crippen LogP contribution in [0.4, 0.5) is 22.0 Å². The fraction of sp³-hybridized carbons (Fsp3) is 0.444. The Labute approximate surface area is 167 Å². The lowest BCUT2D eigenvalue weighted by molar-refractivity contribution is -0.251. The van der Waals surface area contributed by atoms with Gasteiger partial charge in [-0.3, -0.25) is 9.38 Å². The van der Waals surface area contributed by atoms with Crippen LogP contribution in [0.15, 0.2) is 30.7 Å². The highest BCUT2D eigenvalue weighted by atomic mass is 19.4. The normalized spacial score (nSPS) is 13.8. The minimum atomic E-state index is -4.54. The van der Waals surface area contributed by atoms with E-state index in [1.54, 1.807) is 0 Å². The van der Waals surface area contributed by atoms with Crippen molar-refractivity contribution in [2.75, 3.05) is 6.61 Å². The average molecular weight is 431 g/mol. The number of hydrogen-bond acceptors (Lipinski definition) is 6. The molecule has 0 aliphatic rings. The molecule has 0 aliphatic carbocycles. The first-order chi connectivity index (χ1) is 14.0. The molecule has 30 heavy (non-hydrogen) atoms. The molecule has 3 aromatic heterocycles. The number of rotatable bonds is 7. The number of pyridine rings is 1. The quantitative estimate of drug-likeness (QED) is 0.521. The number of aromatic nitrogens is 5. The van der Waals surface area contributed by atoms with Gasteiger partial charge in [-0.05, 0) is 18.9 Å². The molecular formula is C18H18F5N5O2. The van der Waals surface area contributed by atoms with Crippen molar-refractivity contribution in [1.82, 2.24) is 24.6 Å². The van der Waals surface area contributed by atoms with Gasteiger partial charge in [-0.2, -0.15) is 22.0 Å². The highest BCUT2D eigenvalue weighted by molar-refractivity contribution is 5.59. The standard InChI is InChI=1S/C18H18F5N5O2/c1-4-29-18(22,23)16-27-26-13-8-24-12(9-28(13)16)11-5-6-14(25-7-11)30-15(10(2)3)17(19,20)21/h5-10,15H,4H2,1-3H3/t15-/m0/s1. The van der Waals surface area contributed by atoms with Crippen LogP contribution in [0.3, 0.4) is 0 Å². The summed E-state index contributed by atoms with van der Waals surface area (Å²) in [5.41, 5.74) is 0.675. The van der Waals surface area contributed by atoms with Gasteiger partial charge < -0.3 is 9.47 Å². The number of ether oxygens (including phenoxy) is 2. The molecule has 162 valence electrons. The van der Waals surface area contributed by atoms with Gasteiger partial charge >= 0.3 is 12.3 Å². The third-order valence-electron chi connectivity index (χ3n) is 4.09. The molecule has 7 nitrogen and oxygen atoms in total. The van der Waals surface area contributed by atoms with Gasteiger partial charge in [-0.15, -0.1) is 10.2 Å². The Morgan fingerprint density at radius 3 is 2.33 bits per heavy atom. The molecule has 0 spiro atoms. The smallest absolute Gasteiger partial charge is 0.425 e. The Morgan fingerprint density at radius 1 is 1.03 bits per heavy atom. The molecule has 0 bridgehead atoms.